The third-order valence-electron chi connectivity index (χ3n) is 3.70. The van der Waals surface area contributed by atoms with Crippen molar-refractivity contribution in [3.63, 3.8) is 0 Å². The van der Waals surface area contributed by atoms with Crippen LogP contribution in [-0.4, -0.2) is 23.0 Å². The minimum absolute atomic E-state index is 0.00366. The molecule has 2 rings (SSSR count). The van der Waals surface area contributed by atoms with Crippen molar-refractivity contribution in [2.24, 2.45) is 5.92 Å². The highest BCUT2D eigenvalue weighted by Crippen LogP contribution is 2.25. The first-order valence-corrected chi connectivity index (χ1v) is 7.60. The van der Waals surface area contributed by atoms with E-state index in [2.05, 4.69) is 21.2 Å². The molecule has 1 aliphatic rings. The first kappa shape index (κ1) is 15.0. The predicted octanol–water partition coefficient (Wildman–Crippen LogP) is 2.75. The number of amides is 1. The number of aryl methyl sites for hydroxylation is 1. The van der Waals surface area contributed by atoms with Crippen LogP contribution in [0.4, 0.5) is 0 Å². The second kappa shape index (κ2) is 6.88. The van der Waals surface area contributed by atoms with Gasteiger partial charge in [-0.05, 0) is 43.4 Å². The van der Waals surface area contributed by atoms with Crippen molar-refractivity contribution in [3.8, 4) is 0 Å². The predicted molar refractivity (Wildman–Crippen MR) is 79.4 cm³/mol. The molecule has 0 heterocycles. The maximum absolute atomic E-state index is 11.8. The Morgan fingerprint density at radius 2 is 1.95 bits per heavy atom. The smallest absolute Gasteiger partial charge is 0.306 e. The number of hydrogen-bond donors (Lipinski definition) is 2. The van der Waals surface area contributed by atoms with Crippen LogP contribution in [0, 0.1) is 5.92 Å². The molecule has 20 heavy (non-hydrogen) atoms. The van der Waals surface area contributed by atoms with Gasteiger partial charge in [0.15, 0.2) is 0 Å². The van der Waals surface area contributed by atoms with Gasteiger partial charge in [0.2, 0.25) is 5.91 Å². The molecule has 1 aromatic rings. The number of benzene rings is 1. The van der Waals surface area contributed by atoms with Crippen molar-refractivity contribution in [1.82, 2.24) is 5.32 Å². The Bertz CT molecular complexity index is 486. The van der Waals surface area contributed by atoms with Gasteiger partial charge in [0.25, 0.3) is 0 Å². The quantitative estimate of drug-likeness (QED) is 0.866. The molecule has 5 heteroatoms. The molecule has 0 unspecified atom stereocenters. The normalized spacial score (nSPS) is 21.6. The fourth-order valence-corrected chi connectivity index (χ4v) is 2.81. The molecule has 108 valence electrons. The minimum atomic E-state index is -0.753. The molecule has 0 radical (unpaired) electrons. The summed E-state index contributed by atoms with van der Waals surface area (Å²) in [6.07, 6.45) is 3.12. The lowest BCUT2D eigenvalue weighted by molar-refractivity contribution is -0.141. The van der Waals surface area contributed by atoms with E-state index < -0.39 is 5.97 Å². The van der Waals surface area contributed by atoms with Gasteiger partial charge in [-0.2, -0.15) is 0 Å². The summed E-state index contributed by atoms with van der Waals surface area (Å²) < 4.78 is 1.02. The molecule has 1 saturated carbocycles. The van der Waals surface area contributed by atoms with E-state index in [0.717, 1.165) is 16.5 Å². The van der Waals surface area contributed by atoms with Crippen LogP contribution in [-0.2, 0) is 16.0 Å². The van der Waals surface area contributed by atoms with E-state index in [1.54, 1.807) is 0 Å². The summed E-state index contributed by atoms with van der Waals surface area (Å²) in [4.78, 5) is 22.7. The summed E-state index contributed by atoms with van der Waals surface area (Å²) in [6, 6.07) is 7.93. The topological polar surface area (TPSA) is 66.4 Å². The summed E-state index contributed by atoms with van der Waals surface area (Å²) in [7, 11) is 0. The zero-order valence-electron chi connectivity index (χ0n) is 11.1. The Balaban J connectivity index is 1.73. The summed E-state index contributed by atoms with van der Waals surface area (Å²) >= 11 is 3.37. The molecule has 1 aromatic carbocycles. The Labute approximate surface area is 126 Å². The molecule has 2 atom stereocenters. The second-order valence-electron chi connectivity index (χ2n) is 5.24. The number of nitrogens with one attached hydrogen (secondary N) is 1. The van der Waals surface area contributed by atoms with Gasteiger partial charge < -0.3 is 10.4 Å². The highest BCUT2D eigenvalue weighted by molar-refractivity contribution is 9.10. The molecule has 1 aliphatic carbocycles. The Morgan fingerprint density at radius 1 is 1.25 bits per heavy atom. The first-order chi connectivity index (χ1) is 9.54. The van der Waals surface area contributed by atoms with E-state index in [1.807, 2.05) is 24.3 Å². The van der Waals surface area contributed by atoms with Crippen molar-refractivity contribution >= 4 is 27.8 Å². The molecule has 2 N–H and O–H groups in total. The molecular weight excluding hydrogens is 322 g/mol. The SMILES string of the molecule is O=C(CCc1ccc(Br)cc1)N[C@@H]1CC[C@H](C(=O)O)C1. The van der Waals surface area contributed by atoms with Crippen LogP contribution in [0.25, 0.3) is 0 Å². The lowest BCUT2D eigenvalue weighted by Gasteiger charge is -2.12. The molecule has 0 bridgehead atoms. The number of carboxylic acid groups (broad SMARTS) is 1. The molecule has 4 nitrogen and oxygen atoms in total. The molecule has 0 spiro atoms. The van der Waals surface area contributed by atoms with Gasteiger partial charge in [0, 0.05) is 16.9 Å². The molecular formula is C15H18BrNO3. The van der Waals surface area contributed by atoms with Crippen LogP contribution in [0.5, 0.6) is 0 Å². The number of carboxylic acids is 1. The maximum atomic E-state index is 11.8. The Kier molecular flexibility index (Phi) is 5.17. The summed E-state index contributed by atoms with van der Waals surface area (Å²) in [6.45, 7) is 0. The highest BCUT2D eigenvalue weighted by atomic mass is 79.9. The Hall–Kier alpha value is -1.36. The fourth-order valence-electron chi connectivity index (χ4n) is 2.55. The van der Waals surface area contributed by atoms with Gasteiger partial charge >= 0.3 is 5.97 Å². The van der Waals surface area contributed by atoms with Gasteiger partial charge in [-0.3, -0.25) is 9.59 Å². The first-order valence-electron chi connectivity index (χ1n) is 6.81. The summed E-state index contributed by atoms with van der Waals surface area (Å²) in [5.74, 6) is -1.05. The number of carbonyl (C=O) groups is 2. The van der Waals surface area contributed by atoms with E-state index in [0.29, 0.717) is 25.7 Å². The zero-order valence-corrected chi connectivity index (χ0v) is 12.7. The van der Waals surface area contributed by atoms with Crippen LogP contribution in [0.3, 0.4) is 0 Å². The fraction of sp³-hybridized carbons (Fsp3) is 0.467. The van der Waals surface area contributed by atoms with E-state index in [9.17, 15) is 9.59 Å². The molecule has 1 fully saturated rings. The number of carbonyl (C=O) groups excluding carboxylic acids is 1. The van der Waals surface area contributed by atoms with Crippen LogP contribution in [0.2, 0.25) is 0 Å². The third kappa shape index (κ3) is 4.34. The average molecular weight is 340 g/mol. The standard InChI is InChI=1S/C15H18BrNO3/c16-12-5-1-10(2-6-12)3-8-14(18)17-13-7-4-11(9-13)15(19)20/h1-2,5-6,11,13H,3-4,7-9H2,(H,17,18)(H,19,20)/t11-,13+/m0/s1. The van der Waals surface area contributed by atoms with Crippen LogP contribution < -0.4 is 5.32 Å². The Morgan fingerprint density at radius 3 is 2.55 bits per heavy atom. The van der Waals surface area contributed by atoms with Gasteiger partial charge in [-0.15, -0.1) is 0 Å². The van der Waals surface area contributed by atoms with Crippen molar-refractivity contribution in [2.75, 3.05) is 0 Å². The van der Waals surface area contributed by atoms with Crippen molar-refractivity contribution in [2.45, 2.75) is 38.1 Å². The van der Waals surface area contributed by atoms with Gasteiger partial charge in [0.05, 0.1) is 5.92 Å². The lowest BCUT2D eigenvalue weighted by atomic mass is 10.1. The minimum Gasteiger partial charge on any atom is -0.481 e. The monoisotopic (exact) mass is 339 g/mol. The average Bonchev–Trinajstić information content (AvgIpc) is 2.87. The largest absolute Gasteiger partial charge is 0.481 e. The van der Waals surface area contributed by atoms with Crippen molar-refractivity contribution in [1.29, 1.82) is 0 Å². The van der Waals surface area contributed by atoms with E-state index in [4.69, 9.17) is 5.11 Å². The molecule has 0 saturated heterocycles. The summed E-state index contributed by atoms with van der Waals surface area (Å²) in [5.41, 5.74) is 1.12. The number of halogens is 1. The zero-order chi connectivity index (χ0) is 14.5. The second-order valence-corrected chi connectivity index (χ2v) is 6.15. The van der Waals surface area contributed by atoms with Gasteiger partial charge in [-0.25, -0.2) is 0 Å². The molecule has 1 amide bonds. The molecule has 0 aliphatic heterocycles. The number of hydrogen-bond acceptors (Lipinski definition) is 2. The number of rotatable bonds is 5. The van der Waals surface area contributed by atoms with Crippen LogP contribution >= 0.6 is 15.9 Å². The van der Waals surface area contributed by atoms with Crippen molar-refractivity contribution < 1.29 is 14.7 Å². The maximum Gasteiger partial charge on any atom is 0.306 e. The van der Waals surface area contributed by atoms with E-state index in [1.165, 1.54) is 0 Å². The highest BCUT2D eigenvalue weighted by Gasteiger charge is 2.30. The molecule has 0 aromatic heterocycles. The van der Waals surface area contributed by atoms with Crippen molar-refractivity contribution in [3.05, 3.63) is 34.3 Å². The van der Waals surface area contributed by atoms with E-state index >= 15 is 0 Å². The van der Waals surface area contributed by atoms with Crippen LogP contribution in [0.1, 0.15) is 31.2 Å². The summed E-state index contributed by atoms with van der Waals surface area (Å²) in [5, 5.41) is 11.9. The van der Waals surface area contributed by atoms with Gasteiger partial charge in [0.1, 0.15) is 0 Å². The lowest BCUT2D eigenvalue weighted by Crippen LogP contribution is -2.33. The number of aliphatic carboxylic acids is 1. The third-order valence-corrected chi connectivity index (χ3v) is 4.23. The van der Waals surface area contributed by atoms with Crippen LogP contribution in [0.15, 0.2) is 28.7 Å². The van der Waals surface area contributed by atoms with E-state index in [-0.39, 0.29) is 17.9 Å². The van der Waals surface area contributed by atoms with Gasteiger partial charge in [-0.1, -0.05) is 28.1 Å².